The van der Waals surface area contributed by atoms with Crippen molar-refractivity contribution in [3.63, 3.8) is 0 Å². The van der Waals surface area contributed by atoms with Gasteiger partial charge >= 0.3 is 5.69 Å². The second-order valence-electron chi connectivity index (χ2n) is 4.11. The molecule has 112 valence electrons. The number of benzene rings is 1. The number of aromatic nitrogens is 2. The number of nitro groups is 1. The van der Waals surface area contributed by atoms with Crippen LogP contribution in [0.25, 0.3) is 0 Å². The number of nitrogens with one attached hydrogen (secondary N) is 2. The lowest BCUT2D eigenvalue weighted by Gasteiger charge is -2.05. The van der Waals surface area contributed by atoms with Crippen LogP contribution in [0.2, 0.25) is 0 Å². The number of anilines is 1. The Morgan fingerprint density at radius 1 is 1.43 bits per heavy atom. The fourth-order valence-corrected chi connectivity index (χ4v) is 2.60. The highest BCUT2D eigenvalue weighted by Crippen LogP contribution is 2.22. The molecule has 8 nitrogen and oxygen atoms in total. The van der Waals surface area contributed by atoms with Gasteiger partial charge in [-0.05, 0) is 12.5 Å². The van der Waals surface area contributed by atoms with Crippen molar-refractivity contribution in [2.24, 2.45) is 0 Å². The van der Waals surface area contributed by atoms with Crippen LogP contribution >= 0.6 is 0 Å². The van der Waals surface area contributed by atoms with Gasteiger partial charge in [-0.1, -0.05) is 6.92 Å². The van der Waals surface area contributed by atoms with Crippen LogP contribution in [0.3, 0.4) is 0 Å². The molecule has 0 aliphatic heterocycles. The quantitative estimate of drug-likeness (QED) is 0.644. The van der Waals surface area contributed by atoms with E-state index in [1.807, 2.05) is 6.92 Å². The molecule has 1 heterocycles. The summed E-state index contributed by atoms with van der Waals surface area (Å²) < 4.78 is 39.7. The molecule has 0 spiro atoms. The molecule has 0 atom stereocenters. The lowest BCUT2D eigenvalue weighted by molar-refractivity contribution is -0.387. The first kappa shape index (κ1) is 14.9. The summed E-state index contributed by atoms with van der Waals surface area (Å²) in [5, 5.41) is 16.9. The van der Waals surface area contributed by atoms with Crippen molar-refractivity contribution in [1.29, 1.82) is 0 Å². The Balaban J connectivity index is 2.31. The molecular formula is C11H11FN4O4S. The summed E-state index contributed by atoms with van der Waals surface area (Å²) >= 11 is 0. The van der Waals surface area contributed by atoms with Gasteiger partial charge in [-0.3, -0.25) is 19.9 Å². The summed E-state index contributed by atoms with van der Waals surface area (Å²) in [6, 6.07) is 3.84. The molecule has 0 amide bonds. The van der Waals surface area contributed by atoms with Crippen molar-refractivity contribution in [2.45, 2.75) is 18.2 Å². The minimum Gasteiger partial charge on any atom is -0.280 e. The van der Waals surface area contributed by atoms with Gasteiger partial charge in [0, 0.05) is 23.9 Å². The minimum absolute atomic E-state index is 0.0608. The first-order chi connectivity index (χ1) is 9.83. The molecule has 0 fully saturated rings. The van der Waals surface area contributed by atoms with Crippen molar-refractivity contribution in [2.75, 3.05) is 4.72 Å². The van der Waals surface area contributed by atoms with Gasteiger partial charge < -0.3 is 0 Å². The van der Waals surface area contributed by atoms with Crippen LogP contribution in [0.1, 0.15) is 12.6 Å². The van der Waals surface area contributed by atoms with Crippen molar-refractivity contribution >= 4 is 21.5 Å². The van der Waals surface area contributed by atoms with E-state index in [1.54, 1.807) is 0 Å². The van der Waals surface area contributed by atoms with Crippen molar-refractivity contribution in [3.05, 3.63) is 45.9 Å². The maximum atomic E-state index is 13.5. The third-order valence-electron chi connectivity index (χ3n) is 2.68. The fraction of sp³-hybridized carbons (Fsp3) is 0.182. The molecule has 2 aromatic rings. The molecule has 0 aliphatic rings. The van der Waals surface area contributed by atoms with E-state index in [4.69, 9.17) is 0 Å². The van der Waals surface area contributed by atoms with Crippen LogP contribution in [0.15, 0.2) is 29.2 Å². The normalized spacial score (nSPS) is 11.3. The van der Waals surface area contributed by atoms with Crippen molar-refractivity contribution < 1.29 is 17.7 Å². The summed E-state index contributed by atoms with van der Waals surface area (Å²) in [5.41, 5.74) is -0.0652. The van der Waals surface area contributed by atoms with Gasteiger partial charge in [0.25, 0.3) is 10.0 Å². The predicted molar refractivity (Wildman–Crippen MR) is 71.8 cm³/mol. The minimum atomic E-state index is -4.07. The van der Waals surface area contributed by atoms with E-state index >= 15 is 0 Å². The second kappa shape index (κ2) is 5.48. The van der Waals surface area contributed by atoms with E-state index in [0.29, 0.717) is 12.5 Å². The molecule has 1 aromatic heterocycles. The molecule has 2 rings (SSSR count). The lowest BCUT2D eigenvalue weighted by Crippen LogP contribution is -2.13. The predicted octanol–water partition coefficient (Wildman–Crippen LogP) is 1.82. The number of aryl methyl sites for hydroxylation is 1. The Morgan fingerprint density at radius 2 is 2.14 bits per heavy atom. The molecule has 2 N–H and O–H groups in total. The second-order valence-corrected chi connectivity index (χ2v) is 5.79. The molecule has 10 heteroatoms. The number of nitrogens with zero attached hydrogens (tertiary/aromatic N) is 2. The highest BCUT2D eigenvalue weighted by Gasteiger charge is 2.21. The zero-order chi connectivity index (χ0) is 15.6. The van der Waals surface area contributed by atoms with Gasteiger partial charge in [0.1, 0.15) is 0 Å². The zero-order valence-electron chi connectivity index (χ0n) is 10.8. The van der Waals surface area contributed by atoms with Crippen LogP contribution in [0.5, 0.6) is 0 Å². The van der Waals surface area contributed by atoms with Crippen molar-refractivity contribution in [1.82, 2.24) is 10.2 Å². The van der Waals surface area contributed by atoms with E-state index in [9.17, 15) is 22.9 Å². The first-order valence-electron chi connectivity index (χ1n) is 5.84. The van der Waals surface area contributed by atoms with Gasteiger partial charge in [-0.15, -0.1) is 0 Å². The summed E-state index contributed by atoms with van der Waals surface area (Å²) in [7, 11) is -4.07. The molecule has 0 saturated heterocycles. The molecule has 21 heavy (non-hydrogen) atoms. The number of sulfonamides is 1. The molecule has 1 aromatic carbocycles. The van der Waals surface area contributed by atoms with E-state index in [-0.39, 0.29) is 5.82 Å². The topological polar surface area (TPSA) is 118 Å². The maximum absolute atomic E-state index is 13.5. The van der Waals surface area contributed by atoms with Gasteiger partial charge in [0.15, 0.2) is 5.82 Å². The summed E-state index contributed by atoms with van der Waals surface area (Å²) in [5.74, 6) is -1.16. The lowest BCUT2D eigenvalue weighted by atomic mass is 10.3. The van der Waals surface area contributed by atoms with Crippen molar-refractivity contribution in [3.8, 4) is 0 Å². The number of nitro benzene ring substituents is 1. The monoisotopic (exact) mass is 314 g/mol. The zero-order valence-corrected chi connectivity index (χ0v) is 11.6. The smallest absolute Gasteiger partial charge is 0.280 e. The molecule has 0 saturated carbocycles. The average Bonchev–Trinajstić information content (AvgIpc) is 2.85. The molecule has 0 aliphatic carbocycles. The molecule has 0 unspecified atom stereocenters. The Labute approximate surface area is 119 Å². The SMILES string of the molecule is CCc1cc(NS(=O)(=O)c2ccc([N+](=O)[O-])c(F)c2)n[nH]1. The standard InChI is InChI=1S/C11H11FN4O4S/c1-2-7-5-11(14-13-7)15-21(19,20)8-3-4-10(16(17)18)9(12)6-8/h3-6H,2H2,1H3,(H2,13,14,15). The highest BCUT2D eigenvalue weighted by molar-refractivity contribution is 7.92. The summed E-state index contributed by atoms with van der Waals surface area (Å²) in [6.07, 6.45) is 0.640. The number of H-pyrrole nitrogens is 1. The van der Waals surface area contributed by atoms with E-state index < -0.39 is 31.3 Å². The Kier molecular flexibility index (Phi) is 3.89. The van der Waals surface area contributed by atoms with Gasteiger partial charge in [-0.2, -0.15) is 9.49 Å². The van der Waals surface area contributed by atoms with Gasteiger partial charge in [-0.25, -0.2) is 8.42 Å². The number of aromatic amines is 1. The Morgan fingerprint density at radius 3 is 2.67 bits per heavy atom. The van der Waals surface area contributed by atoms with E-state index in [1.165, 1.54) is 6.07 Å². The number of hydrogen-bond acceptors (Lipinski definition) is 5. The van der Waals surface area contributed by atoms with Crippen LogP contribution in [-0.4, -0.2) is 23.5 Å². The van der Waals surface area contributed by atoms with Crippen LogP contribution in [-0.2, 0) is 16.4 Å². The average molecular weight is 314 g/mol. The highest BCUT2D eigenvalue weighted by atomic mass is 32.2. The largest absolute Gasteiger partial charge is 0.304 e. The molecule has 0 bridgehead atoms. The summed E-state index contributed by atoms with van der Waals surface area (Å²) in [6.45, 7) is 1.86. The number of halogens is 1. The maximum Gasteiger partial charge on any atom is 0.304 e. The fourth-order valence-electron chi connectivity index (χ4n) is 1.59. The molecule has 0 radical (unpaired) electrons. The van der Waals surface area contributed by atoms with Crippen LogP contribution < -0.4 is 4.72 Å². The van der Waals surface area contributed by atoms with Crippen LogP contribution in [0.4, 0.5) is 15.9 Å². The number of hydrogen-bond donors (Lipinski definition) is 2. The third kappa shape index (κ3) is 3.16. The summed E-state index contributed by atoms with van der Waals surface area (Å²) in [4.78, 5) is 9.14. The van der Waals surface area contributed by atoms with E-state index in [2.05, 4.69) is 14.9 Å². The van der Waals surface area contributed by atoms with Gasteiger partial charge in [0.2, 0.25) is 5.82 Å². The number of rotatable bonds is 5. The third-order valence-corrected chi connectivity index (χ3v) is 4.03. The Bertz CT molecular complexity index is 787. The van der Waals surface area contributed by atoms with Gasteiger partial charge in [0.05, 0.1) is 9.82 Å². The van der Waals surface area contributed by atoms with Crippen LogP contribution in [0, 0.1) is 15.9 Å². The Hall–Kier alpha value is -2.49. The first-order valence-corrected chi connectivity index (χ1v) is 7.33. The van der Waals surface area contributed by atoms with E-state index in [0.717, 1.165) is 17.8 Å². The molecular weight excluding hydrogens is 303 g/mol.